The molecule has 3 aliphatic rings. The highest BCUT2D eigenvalue weighted by Crippen LogP contribution is 2.44. The lowest BCUT2D eigenvalue weighted by Gasteiger charge is -2.60. The minimum absolute atomic E-state index is 0.0296. The lowest BCUT2D eigenvalue weighted by Crippen LogP contribution is -2.73. The fraction of sp³-hybridized carbons (Fsp3) is 0.409. The van der Waals surface area contributed by atoms with E-state index in [2.05, 4.69) is 25.0 Å². The minimum Gasteiger partial charge on any atom is -0.355 e. The highest BCUT2D eigenvalue weighted by atomic mass is 35.5. The van der Waals surface area contributed by atoms with Gasteiger partial charge < -0.3 is 9.80 Å². The molecule has 1 spiro atoms. The first-order chi connectivity index (χ1) is 16.2. The zero-order valence-corrected chi connectivity index (χ0v) is 18.7. The van der Waals surface area contributed by atoms with Gasteiger partial charge >= 0.3 is 6.18 Å². The van der Waals surface area contributed by atoms with Gasteiger partial charge in [-0.15, -0.1) is 10.2 Å². The largest absolute Gasteiger partial charge is 0.401 e. The van der Waals surface area contributed by atoms with E-state index in [0.717, 1.165) is 37.7 Å². The Balaban J connectivity index is 1.24. The van der Waals surface area contributed by atoms with Gasteiger partial charge in [-0.3, -0.25) is 9.47 Å². The Hall–Kier alpha value is -2.92. The highest BCUT2D eigenvalue weighted by molar-refractivity contribution is 6.30. The Labute approximate surface area is 197 Å². The van der Waals surface area contributed by atoms with Gasteiger partial charge in [0, 0.05) is 43.2 Å². The minimum atomic E-state index is -4.32. The van der Waals surface area contributed by atoms with E-state index in [0.29, 0.717) is 22.4 Å². The first kappa shape index (κ1) is 21.6. The summed E-state index contributed by atoms with van der Waals surface area (Å²) in [7, 11) is 0. The first-order valence-electron chi connectivity index (χ1n) is 10.8. The van der Waals surface area contributed by atoms with Crippen LogP contribution in [0.2, 0.25) is 5.02 Å². The summed E-state index contributed by atoms with van der Waals surface area (Å²) in [5.74, 6) is 1.47. The topological polar surface area (TPSA) is 53.3 Å². The third kappa shape index (κ3) is 3.76. The average Bonchev–Trinajstić information content (AvgIpc) is 3.02. The number of pyridine rings is 1. The summed E-state index contributed by atoms with van der Waals surface area (Å²) >= 11 is 6.17. The molecule has 34 heavy (non-hydrogen) atoms. The average molecular weight is 494 g/mol. The molecule has 2 fully saturated rings. The number of hydrogen-bond acceptors (Lipinski definition) is 6. The number of alkyl halides is 3. The number of fused-ring (bicyclic) bond motifs is 3. The first-order valence-corrected chi connectivity index (χ1v) is 11.2. The zero-order valence-electron chi connectivity index (χ0n) is 17.9. The van der Waals surface area contributed by atoms with E-state index >= 15 is 0 Å². The fourth-order valence-electron chi connectivity index (χ4n) is 5.21. The third-order valence-electron chi connectivity index (χ3n) is 6.58. The highest BCUT2D eigenvalue weighted by Gasteiger charge is 2.53. The maximum absolute atomic E-state index is 13.2. The molecular weight excluding hydrogens is 474 g/mol. The molecule has 0 N–H and O–H groups in total. The molecule has 2 saturated heterocycles. The molecule has 178 valence electrons. The van der Waals surface area contributed by atoms with Gasteiger partial charge in [0.15, 0.2) is 5.82 Å². The second-order valence-electron chi connectivity index (χ2n) is 9.33. The predicted molar refractivity (Wildman–Crippen MR) is 118 cm³/mol. The van der Waals surface area contributed by atoms with Crippen LogP contribution in [0.4, 0.5) is 29.3 Å². The monoisotopic (exact) mass is 493 g/mol. The molecule has 0 saturated carbocycles. The molecule has 7 nitrogen and oxygen atoms in total. The van der Waals surface area contributed by atoms with Crippen molar-refractivity contribution >= 4 is 23.4 Å². The van der Waals surface area contributed by atoms with Gasteiger partial charge in [-0.05, 0) is 35.9 Å². The van der Waals surface area contributed by atoms with E-state index in [1.165, 1.54) is 17.2 Å². The van der Waals surface area contributed by atoms with Crippen LogP contribution in [0, 0.1) is 11.2 Å². The van der Waals surface area contributed by atoms with Crippen molar-refractivity contribution in [3.63, 3.8) is 0 Å². The maximum atomic E-state index is 13.2. The smallest absolute Gasteiger partial charge is 0.355 e. The molecule has 6 rings (SSSR count). The molecule has 0 aliphatic carbocycles. The van der Waals surface area contributed by atoms with Crippen molar-refractivity contribution < 1.29 is 17.6 Å². The molecule has 3 aromatic rings. The van der Waals surface area contributed by atoms with E-state index in [4.69, 9.17) is 11.6 Å². The number of aromatic nitrogens is 4. The molecule has 3 aliphatic heterocycles. The van der Waals surface area contributed by atoms with Crippen molar-refractivity contribution in [1.82, 2.24) is 24.6 Å². The van der Waals surface area contributed by atoms with E-state index in [1.54, 1.807) is 18.2 Å². The number of nitrogens with zero attached hydrogens (tertiary/aromatic N) is 7. The van der Waals surface area contributed by atoms with Crippen molar-refractivity contribution in [3.8, 4) is 5.69 Å². The Kier molecular flexibility index (Phi) is 4.79. The van der Waals surface area contributed by atoms with E-state index in [9.17, 15) is 17.6 Å². The van der Waals surface area contributed by atoms with Crippen molar-refractivity contribution in [1.29, 1.82) is 0 Å². The van der Waals surface area contributed by atoms with Gasteiger partial charge in [-0.2, -0.15) is 13.2 Å². The normalized spacial score (nSPS) is 19.3. The SMILES string of the molecule is Fc1ccc(N2CC3(C2)CN(c2nnc4n2-c2ccc(Cl)cc2CN(CC(F)(F)F)C4)C3)nc1. The van der Waals surface area contributed by atoms with E-state index < -0.39 is 12.7 Å². The molecule has 0 radical (unpaired) electrons. The van der Waals surface area contributed by atoms with Crippen LogP contribution in [0.25, 0.3) is 5.69 Å². The van der Waals surface area contributed by atoms with Crippen molar-refractivity contribution in [2.24, 2.45) is 5.41 Å². The summed E-state index contributed by atoms with van der Waals surface area (Å²) < 4.78 is 54.5. The quantitative estimate of drug-likeness (QED) is 0.519. The molecule has 2 aromatic heterocycles. The summed E-state index contributed by atoms with van der Waals surface area (Å²) in [5, 5.41) is 9.08. The summed E-state index contributed by atoms with van der Waals surface area (Å²) in [6.07, 6.45) is -3.11. The summed E-state index contributed by atoms with van der Waals surface area (Å²) in [6.45, 7) is 2.20. The van der Waals surface area contributed by atoms with Crippen LogP contribution < -0.4 is 9.80 Å². The van der Waals surface area contributed by atoms with Gasteiger partial charge in [0.25, 0.3) is 0 Å². The van der Waals surface area contributed by atoms with Gasteiger partial charge in [0.05, 0.1) is 25.0 Å². The third-order valence-corrected chi connectivity index (χ3v) is 6.82. The Bertz CT molecular complexity index is 1230. The standard InChI is InChI=1S/C22H20ClF4N7/c23-15-1-3-17-14(5-15)7-31(13-22(25,26)27)8-19-29-30-20(34(17)19)33-11-21(12-33)9-32(10-21)18-4-2-16(24)6-28-18/h1-6H,7-13H2. The molecule has 0 unspecified atom stereocenters. The van der Waals surface area contributed by atoms with Crippen LogP contribution in [0.5, 0.6) is 0 Å². The zero-order chi connectivity index (χ0) is 23.7. The molecule has 0 amide bonds. The van der Waals surface area contributed by atoms with Gasteiger partial charge in [-0.25, -0.2) is 9.37 Å². The van der Waals surface area contributed by atoms with Crippen LogP contribution in [0.15, 0.2) is 36.5 Å². The lowest BCUT2D eigenvalue weighted by molar-refractivity contribution is -0.148. The Morgan fingerprint density at radius 1 is 0.971 bits per heavy atom. The van der Waals surface area contributed by atoms with Gasteiger partial charge in [0.1, 0.15) is 11.6 Å². The second kappa shape index (κ2) is 7.54. The van der Waals surface area contributed by atoms with Crippen molar-refractivity contribution in [3.05, 3.63) is 58.8 Å². The van der Waals surface area contributed by atoms with Crippen LogP contribution in [0.1, 0.15) is 11.4 Å². The second-order valence-corrected chi connectivity index (χ2v) is 9.77. The molecule has 1 aromatic carbocycles. The van der Waals surface area contributed by atoms with Crippen LogP contribution >= 0.6 is 11.6 Å². The maximum Gasteiger partial charge on any atom is 0.401 e. The number of benzene rings is 1. The Morgan fingerprint density at radius 2 is 1.74 bits per heavy atom. The Morgan fingerprint density at radius 3 is 2.44 bits per heavy atom. The number of hydrogen-bond donors (Lipinski definition) is 0. The number of halogens is 5. The van der Waals surface area contributed by atoms with E-state index in [1.807, 2.05) is 10.6 Å². The number of rotatable bonds is 3. The summed E-state index contributed by atoms with van der Waals surface area (Å²) in [4.78, 5) is 9.66. The predicted octanol–water partition coefficient (Wildman–Crippen LogP) is 3.66. The molecule has 0 bridgehead atoms. The van der Waals surface area contributed by atoms with Crippen molar-refractivity contribution in [2.75, 3.05) is 42.5 Å². The molecule has 0 atom stereocenters. The van der Waals surface area contributed by atoms with Crippen molar-refractivity contribution in [2.45, 2.75) is 19.3 Å². The molecule has 5 heterocycles. The lowest BCUT2D eigenvalue weighted by atomic mass is 9.73. The molecule has 12 heteroatoms. The fourth-order valence-corrected chi connectivity index (χ4v) is 5.40. The van der Waals surface area contributed by atoms with Gasteiger partial charge in [0.2, 0.25) is 5.95 Å². The number of anilines is 2. The summed E-state index contributed by atoms with van der Waals surface area (Å²) in [5.41, 5.74) is 1.53. The van der Waals surface area contributed by atoms with Crippen LogP contribution in [-0.4, -0.2) is 63.5 Å². The van der Waals surface area contributed by atoms with Gasteiger partial charge in [-0.1, -0.05) is 11.6 Å². The van der Waals surface area contributed by atoms with Crippen LogP contribution in [-0.2, 0) is 13.1 Å². The van der Waals surface area contributed by atoms with E-state index in [-0.39, 0.29) is 24.3 Å². The summed E-state index contributed by atoms with van der Waals surface area (Å²) in [6, 6.07) is 8.32. The van der Waals surface area contributed by atoms with Crippen LogP contribution in [0.3, 0.4) is 0 Å². The molecular formula is C22H20ClF4N7.